The SMILES string of the molecule is Cn1nccc1[C@@H]1CCCCN1C(=O)Nc1ccc(F)c(C2CC2)c1. The third-order valence-electron chi connectivity index (χ3n) is 5.23. The Balaban J connectivity index is 1.53. The number of nitrogens with one attached hydrogen (secondary N) is 1. The van der Waals surface area contributed by atoms with Crippen molar-refractivity contribution >= 4 is 11.7 Å². The van der Waals surface area contributed by atoms with Crippen LogP contribution in [0.15, 0.2) is 30.5 Å². The van der Waals surface area contributed by atoms with E-state index in [9.17, 15) is 9.18 Å². The van der Waals surface area contributed by atoms with Gasteiger partial charge in [0, 0.05) is 25.5 Å². The minimum atomic E-state index is -0.175. The lowest BCUT2D eigenvalue weighted by atomic mass is 9.99. The van der Waals surface area contributed by atoms with Gasteiger partial charge >= 0.3 is 6.03 Å². The number of piperidine rings is 1. The van der Waals surface area contributed by atoms with Crippen LogP contribution in [0.5, 0.6) is 0 Å². The van der Waals surface area contributed by atoms with Crippen molar-refractivity contribution in [3.8, 4) is 0 Å². The molecule has 25 heavy (non-hydrogen) atoms. The van der Waals surface area contributed by atoms with E-state index in [1.54, 1.807) is 18.3 Å². The normalized spacial score (nSPS) is 20.6. The Bertz CT molecular complexity index is 783. The van der Waals surface area contributed by atoms with E-state index in [-0.39, 0.29) is 17.9 Å². The molecule has 1 saturated carbocycles. The Morgan fingerprint density at radius 3 is 2.80 bits per heavy atom. The third-order valence-corrected chi connectivity index (χ3v) is 5.23. The van der Waals surface area contributed by atoms with Gasteiger partial charge in [0.1, 0.15) is 5.82 Å². The number of hydrogen-bond donors (Lipinski definition) is 1. The van der Waals surface area contributed by atoms with E-state index >= 15 is 0 Å². The number of urea groups is 1. The second-order valence-corrected chi connectivity index (χ2v) is 7.03. The summed E-state index contributed by atoms with van der Waals surface area (Å²) in [6.07, 6.45) is 6.86. The highest BCUT2D eigenvalue weighted by Crippen LogP contribution is 2.42. The third kappa shape index (κ3) is 3.25. The smallest absolute Gasteiger partial charge is 0.316 e. The van der Waals surface area contributed by atoms with E-state index < -0.39 is 0 Å². The van der Waals surface area contributed by atoms with Crippen molar-refractivity contribution in [1.82, 2.24) is 14.7 Å². The Morgan fingerprint density at radius 1 is 1.24 bits per heavy atom. The number of aryl methyl sites for hydroxylation is 1. The number of rotatable bonds is 3. The molecule has 5 nitrogen and oxygen atoms in total. The predicted molar refractivity (Wildman–Crippen MR) is 93.9 cm³/mol. The lowest BCUT2D eigenvalue weighted by molar-refractivity contribution is 0.159. The van der Waals surface area contributed by atoms with Crippen LogP contribution in [0.4, 0.5) is 14.9 Å². The highest BCUT2D eigenvalue weighted by molar-refractivity contribution is 5.89. The Labute approximate surface area is 146 Å². The van der Waals surface area contributed by atoms with Crippen LogP contribution in [0.3, 0.4) is 0 Å². The molecular weight excluding hydrogens is 319 g/mol. The second kappa shape index (κ2) is 6.50. The fraction of sp³-hybridized carbons (Fsp3) is 0.474. The van der Waals surface area contributed by atoms with Crippen molar-refractivity contribution < 1.29 is 9.18 Å². The Kier molecular flexibility index (Phi) is 4.19. The van der Waals surface area contributed by atoms with E-state index in [4.69, 9.17) is 0 Å². The van der Waals surface area contributed by atoms with Crippen LogP contribution < -0.4 is 5.32 Å². The van der Waals surface area contributed by atoms with Crippen molar-refractivity contribution in [2.24, 2.45) is 7.05 Å². The summed E-state index contributed by atoms with van der Waals surface area (Å²) < 4.78 is 15.7. The first-order valence-electron chi connectivity index (χ1n) is 8.98. The van der Waals surface area contributed by atoms with Gasteiger partial charge in [0.2, 0.25) is 0 Å². The average molecular weight is 342 g/mol. The van der Waals surface area contributed by atoms with Crippen LogP contribution in [-0.2, 0) is 7.05 Å². The average Bonchev–Trinajstić information content (AvgIpc) is 3.37. The quantitative estimate of drug-likeness (QED) is 0.909. The lowest BCUT2D eigenvalue weighted by Gasteiger charge is -2.35. The fourth-order valence-electron chi connectivity index (χ4n) is 3.72. The maximum Gasteiger partial charge on any atom is 0.322 e. The van der Waals surface area contributed by atoms with Gasteiger partial charge in [-0.25, -0.2) is 9.18 Å². The zero-order chi connectivity index (χ0) is 17.4. The van der Waals surface area contributed by atoms with Crippen molar-refractivity contribution in [2.75, 3.05) is 11.9 Å². The number of aromatic nitrogens is 2. The predicted octanol–water partition coefficient (Wildman–Crippen LogP) is 4.20. The Morgan fingerprint density at radius 2 is 2.08 bits per heavy atom. The summed E-state index contributed by atoms with van der Waals surface area (Å²) in [6.45, 7) is 0.721. The van der Waals surface area contributed by atoms with Gasteiger partial charge < -0.3 is 10.2 Å². The summed E-state index contributed by atoms with van der Waals surface area (Å²) in [7, 11) is 1.90. The number of likely N-dealkylation sites (tertiary alicyclic amines) is 1. The van der Waals surface area contributed by atoms with Crippen LogP contribution in [0.1, 0.15) is 55.3 Å². The number of carbonyl (C=O) groups excluding carboxylic acids is 1. The zero-order valence-electron chi connectivity index (χ0n) is 14.4. The summed E-state index contributed by atoms with van der Waals surface area (Å²) in [6, 6.07) is 6.76. The van der Waals surface area contributed by atoms with Gasteiger partial charge in [0.15, 0.2) is 0 Å². The molecule has 1 aliphatic carbocycles. The number of hydrogen-bond acceptors (Lipinski definition) is 2. The molecule has 1 atom stereocenters. The summed E-state index contributed by atoms with van der Waals surface area (Å²) >= 11 is 0. The number of nitrogens with zero attached hydrogens (tertiary/aromatic N) is 3. The van der Waals surface area contributed by atoms with Crippen LogP contribution in [-0.4, -0.2) is 27.3 Å². The zero-order valence-corrected chi connectivity index (χ0v) is 14.4. The lowest BCUT2D eigenvalue weighted by Crippen LogP contribution is -2.41. The standard InChI is InChI=1S/C19H23FN4O/c1-23-17(9-10-21-23)18-4-2-3-11-24(18)19(25)22-14-7-8-16(20)15(12-14)13-5-6-13/h7-10,12-13,18H,2-6,11H2,1H3,(H,22,25)/t18-/m0/s1. The highest BCUT2D eigenvalue weighted by atomic mass is 19.1. The molecule has 1 saturated heterocycles. The van der Waals surface area contributed by atoms with E-state index in [0.29, 0.717) is 11.6 Å². The summed E-state index contributed by atoms with van der Waals surface area (Å²) in [5.41, 5.74) is 2.44. The molecule has 1 aliphatic heterocycles. The summed E-state index contributed by atoms with van der Waals surface area (Å²) in [5.74, 6) is 0.139. The van der Waals surface area contributed by atoms with E-state index in [0.717, 1.165) is 49.9 Å². The first kappa shape index (κ1) is 16.1. The van der Waals surface area contributed by atoms with Gasteiger partial charge in [-0.05, 0) is 67.9 Å². The van der Waals surface area contributed by atoms with Gasteiger partial charge in [-0.15, -0.1) is 0 Å². The van der Waals surface area contributed by atoms with Crippen LogP contribution >= 0.6 is 0 Å². The number of halogens is 1. The van der Waals surface area contributed by atoms with Crippen LogP contribution in [0, 0.1) is 5.82 Å². The molecule has 0 radical (unpaired) electrons. The van der Waals surface area contributed by atoms with Gasteiger partial charge in [0.05, 0.1) is 11.7 Å². The molecule has 2 amide bonds. The van der Waals surface area contributed by atoms with Gasteiger partial charge in [-0.3, -0.25) is 4.68 Å². The van der Waals surface area contributed by atoms with Crippen molar-refractivity contribution in [2.45, 2.75) is 44.1 Å². The summed E-state index contributed by atoms with van der Waals surface area (Å²) in [4.78, 5) is 14.7. The number of benzene rings is 1. The largest absolute Gasteiger partial charge is 0.322 e. The van der Waals surface area contributed by atoms with Crippen molar-refractivity contribution in [3.05, 3.63) is 47.5 Å². The number of carbonyl (C=O) groups is 1. The van der Waals surface area contributed by atoms with Crippen molar-refractivity contribution in [1.29, 1.82) is 0 Å². The molecule has 2 fully saturated rings. The number of anilines is 1. The maximum atomic E-state index is 13.9. The maximum absolute atomic E-state index is 13.9. The molecule has 0 spiro atoms. The van der Waals surface area contributed by atoms with Gasteiger partial charge in [-0.1, -0.05) is 0 Å². The molecule has 2 aliphatic rings. The topological polar surface area (TPSA) is 50.2 Å². The molecule has 0 unspecified atom stereocenters. The van der Waals surface area contributed by atoms with E-state index in [2.05, 4.69) is 10.4 Å². The molecule has 6 heteroatoms. The molecule has 1 aromatic carbocycles. The fourth-order valence-corrected chi connectivity index (χ4v) is 3.72. The first-order valence-corrected chi connectivity index (χ1v) is 8.98. The van der Waals surface area contributed by atoms with Gasteiger partial charge in [0.25, 0.3) is 0 Å². The molecular formula is C19H23FN4O. The van der Waals surface area contributed by atoms with E-state index in [1.807, 2.05) is 22.7 Å². The highest BCUT2D eigenvalue weighted by Gasteiger charge is 2.30. The second-order valence-electron chi connectivity index (χ2n) is 7.03. The van der Waals surface area contributed by atoms with E-state index in [1.165, 1.54) is 6.07 Å². The summed E-state index contributed by atoms with van der Waals surface area (Å²) in [5, 5.41) is 7.20. The molecule has 2 aromatic rings. The molecule has 132 valence electrons. The number of amides is 2. The van der Waals surface area contributed by atoms with Gasteiger partial charge in [-0.2, -0.15) is 5.10 Å². The van der Waals surface area contributed by atoms with Crippen LogP contribution in [0.25, 0.3) is 0 Å². The molecule has 1 aromatic heterocycles. The molecule has 2 heterocycles. The van der Waals surface area contributed by atoms with Crippen LogP contribution in [0.2, 0.25) is 0 Å². The first-order chi connectivity index (χ1) is 12.1. The monoisotopic (exact) mass is 342 g/mol. The molecule has 0 bridgehead atoms. The molecule has 4 rings (SSSR count). The Hall–Kier alpha value is -2.37. The molecule has 1 N–H and O–H groups in total. The minimum absolute atomic E-state index is 0.0320. The minimum Gasteiger partial charge on any atom is -0.316 e. The van der Waals surface area contributed by atoms with Crippen molar-refractivity contribution in [3.63, 3.8) is 0 Å².